The minimum absolute atomic E-state index is 0.147. The fraction of sp³-hybridized carbons (Fsp3) is 0.727. The molecule has 0 unspecified atom stereocenters. The van der Waals surface area contributed by atoms with Crippen LogP contribution in [0.15, 0.2) is 5.38 Å². The van der Waals surface area contributed by atoms with Crippen LogP contribution in [0.2, 0.25) is 0 Å². The van der Waals surface area contributed by atoms with E-state index >= 15 is 0 Å². The summed E-state index contributed by atoms with van der Waals surface area (Å²) in [6, 6.07) is 0. The molecule has 0 atom stereocenters. The summed E-state index contributed by atoms with van der Waals surface area (Å²) in [6.45, 7) is 5.52. The van der Waals surface area contributed by atoms with Crippen molar-refractivity contribution in [2.75, 3.05) is 6.54 Å². The zero-order valence-corrected chi connectivity index (χ0v) is 11.0. The minimum atomic E-state index is -4.16. The smallest absolute Gasteiger partial charge is 0.303 e. The first kappa shape index (κ1) is 14.4. The molecule has 0 aliphatic heterocycles. The van der Waals surface area contributed by atoms with Crippen molar-refractivity contribution >= 4 is 11.3 Å². The first-order chi connectivity index (χ1) is 7.66. The molecule has 0 spiro atoms. The van der Waals surface area contributed by atoms with Crippen LogP contribution in [0.3, 0.4) is 0 Å². The van der Waals surface area contributed by atoms with Gasteiger partial charge in [0.25, 0.3) is 0 Å². The van der Waals surface area contributed by atoms with Gasteiger partial charge in [0, 0.05) is 18.3 Å². The molecule has 98 valence electrons. The topological polar surface area (TPSA) is 24.9 Å². The first-order valence-electron chi connectivity index (χ1n) is 5.36. The molecule has 0 fully saturated rings. The summed E-state index contributed by atoms with van der Waals surface area (Å²) >= 11 is 1.50. The van der Waals surface area contributed by atoms with Crippen molar-refractivity contribution in [3.8, 4) is 0 Å². The summed E-state index contributed by atoms with van der Waals surface area (Å²) in [6.07, 6.45) is -3.32. The predicted molar refractivity (Wildman–Crippen MR) is 63.0 cm³/mol. The fourth-order valence-electron chi connectivity index (χ4n) is 1.30. The van der Waals surface area contributed by atoms with Crippen LogP contribution in [0.25, 0.3) is 0 Å². The molecule has 1 N–H and O–H groups in total. The minimum Gasteiger partial charge on any atom is -0.303 e. The largest absolute Gasteiger partial charge is 0.401 e. The van der Waals surface area contributed by atoms with Gasteiger partial charge in [-0.05, 0) is 5.41 Å². The van der Waals surface area contributed by atoms with E-state index in [0.29, 0.717) is 5.69 Å². The first-order valence-corrected chi connectivity index (χ1v) is 6.24. The van der Waals surface area contributed by atoms with E-state index in [1.807, 2.05) is 5.38 Å². The van der Waals surface area contributed by atoms with Gasteiger partial charge in [0.1, 0.15) is 0 Å². The van der Waals surface area contributed by atoms with Gasteiger partial charge in [0.05, 0.1) is 17.2 Å². The number of halogens is 3. The van der Waals surface area contributed by atoms with Gasteiger partial charge < -0.3 is 5.32 Å². The van der Waals surface area contributed by atoms with E-state index in [0.717, 1.165) is 11.4 Å². The summed E-state index contributed by atoms with van der Waals surface area (Å²) in [5, 5.41) is 5.12. The highest BCUT2D eigenvalue weighted by atomic mass is 32.1. The molecule has 1 aromatic heterocycles. The molecule has 0 aliphatic carbocycles. The highest BCUT2D eigenvalue weighted by molar-refractivity contribution is 7.09. The van der Waals surface area contributed by atoms with E-state index in [2.05, 4.69) is 31.1 Å². The standard InChI is InChI=1S/C11H17F3N2S/c1-10(2,3)4-9-16-8(6-17-9)5-15-7-11(12,13)14/h6,15H,4-5,7H2,1-3H3. The van der Waals surface area contributed by atoms with Crippen LogP contribution in [-0.4, -0.2) is 17.7 Å². The molecule has 1 heterocycles. The third kappa shape index (κ3) is 6.63. The number of alkyl halides is 3. The van der Waals surface area contributed by atoms with Crippen molar-refractivity contribution in [2.45, 2.75) is 39.9 Å². The van der Waals surface area contributed by atoms with Crippen LogP contribution in [0.1, 0.15) is 31.5 Å². The Balaban J connectivity index is 2.41. The molecule has 1 aromatic rings. The number of nitrogens with one attached hydrogen (secondary N) is 1. The number of aromatic nitrogens is 1. The SMILES string of the molecule is CC(C)(C)Cc1nc(CNCC(F)(F)F)cs1. The average molecular weight is 266 g/mol. The van der Waals surface area contributed by atoms with Crippen molar-refractivity contribution in [3.05, 3.63) is 16.1 Å². The second-order valence-electron chi connectivity index (χ2n) is 5.19. The number of rotatable bonds is 4. The van der Waals surface area contributed by atoms with Crippen molar-refractivity contribution < 1.29 is 13.2 Å². The molecule has 17 heavy (non-hydrogen) atoms. The third-order valence-corrected chi connectivity index (χ3v) is 2.81. The summed E-state index contributed by atoms with van der Waals surface area (Å²) < 4.78 is 35.7. The molecule has 0 saturated carbocycles. The highest BCUT2D eigenvalue weighted by Gasteiger charge is 2.26. The lowest BCUT2D eigenvalue weighted by Crippen LogP contribution is -2.28. The average Bonchev–Trinajstić information content (AvgIpc) is 2.46. The Morgan fingerprint density at radius 3 is 2.47 bits per heavy atom. The van der Waals surface area contributed by atoms with Crippen LogP contribution in [0, 0.1) is 5.41 Å². The van der Waals surface area contributed by atoms with E-state index in [4.69, 9.17) is 0 Å². The highest BCUT2D eigenvalue weighted by Crippen LogP contribution is 2.23. The summed E-state index contributed by atoms with van der Waals surface area (Å²) in [4.78, 5) is 4.30. The molecule has 0 saturated heterocycles. The Labute approximate surface area is 103 Å². The van der Waals surface area contributed by atoms with Gasteiger partial charge in [-0.3, -0.25) is 0 Å². The molecule has 0 aliphatic rings. The van der Waals surface area contributed by atoms with Crippen molar-refractivity contribution in [1.29, 1.82) is 0 Å². The lowest BCUT2D eigenvalue weighted by Gasteiger charge is -2.15. The van der Waals surface area contributed by atoms with Crippen molar-refractivity contribution in [2.24, 2.45) is 5.41 Å². The Kier molecular flexibility index (Phi) is 4.55. The zero-order valence-electron chi connectivity index (χ0n) is 10.2. The molecule has 0 radical (unpaired) electrons. The summed E-state index contributed by atoms with van der Waals surface area (Å²) in [7, 11) is 0. The van der Waals surface area contributed by atoms with E-state index in [9.17, 15) is 13.2 Å². The van der Waals surface area contributed by atoms with Crippen LogP contribution in [-0.2, 0) is 13.0 Å². The Morgan fingerprint density at radius 2 is 1.94 bits per heavy atom. The molecule has 0 bridgehead atoms. The molecular weight excluding hydrogens is 249 g/mol. The van der Waals surface area contributed by atoms with Gasteiger partial charge in [0.2, 0.25) is 0 Å². The lowest BCUT2D eigenvalue weighted by atomic mass is 9.93. The van der Waals surface area contributed by atoms with Gasteiger partial charge in [-0.25, -0.2) is 4.98 Å². The molecular formula is C11H17F3N2S. The zero-order chi connectivity index (χ0) is 13.1. The van der Waals surface area contributed by atoms with E-state index in [1.165, 1.54) is 11.3 Å². The molecule has 1 rings (SSSR count). The maximum absolute atomic E-state index is 11.9. The number of hydrogen-bond acceptors (Lipinski definition) is 3. The summed E-state index contributed by atoms with van der Waals surface area (Å²) in [5.74, 6) is 0. The Hall–Kier alpha value is -0.620. The van der Waals surface area contributed by atoms with Gasteiger partial charge >= 0.3 is 6.18 Å². The van der Waals surface area contributed by atoms with Crippen LogP contribution in [0.5, 0.6) is 0 Å². The number of thiazole rings is 1. The second kappa shape index (κ2) is 5.35. The Morgan fingerprint density at radius 1 is 1.29 bits per heavy atom. The fourth-order valence-corrected chi connectivity index (χ4v) is 2.39. The molecule has 6 heteroatoms. The molecule has 2 nitrogen and oxygen atoms in total. The Bertz CT molecular complexity index is 352. The predicted octanol–water partition coefficient (Wildman–Crippen LogP) is 3.38. The summed E-state index contributed by atoms with van der Waals surface area (Å²) in [5.41, 5.74) is 0.827. The van der Waals surface area contributed by atoms with E-state index < -0.39 is 12.7 Å². The lowest BCUT2D eigenvalue weighted by molar-refractivity contribution is -0.125. The third-order valence-electron chi connectivity index (χ3n) is 1.91. The van der Waals surface area contributed by atoms with Crippen LogP contribution >= 0.6 is 11.3 Å². The van der Waals surface area contributed by atoms with Gasteiger partial charge in [-0.1, -0.05) is 20.8 Å². The van der Waals surface area contributed by atoms with Gasteiger partial charge in [-0.2, -0.15) is 13.2 Å². The molecule has 0 amide bonds. The normalized spacial score (nSPS) is 13.1. The van der Waals surface area contributed by atoms with E-state index in [-0.39, 0.29) is 12.0 Å². The van der Waals surface area contributed by atoms with Crippen molar-refractivity contribution in [3.63, 3.8) is 0 Å². The quantitative estimate of drug-likeness (QED) is 0.903. The second-order valence-corrected chi connectivity index (χ2v) is 6.13. The van der Waals surface area contributed by atoms with Crippen LogP contribution in [0.4, 0.5) is 13.2 Å². The maximum Gasteiger partial charge on any atom is 0.401 e. The molecule has 0 aromatic carbocycles. The maximum atomic E-state index is 11.9. The van der Waals surface area contributed by atoms with Crippen molar-refractivity contribution in [1.82, 2.24) is 10.3 Å². The van der Waals surface area contributed by atoms with E-state index in [1.54, 1.807) is 0 Å². The number of hydrogen-bond donors (Lipinski definition) is 1. The monoisotopic (exact) mass is 266 g/mol. The number of nitrogens with zero attached hydrogens (tertiary/aromatic N) is 1. The van der Waals surface area contributed by atoms with Crippen LogP contribution < -0.4 is 5.32 Å². The van der Waals surface area contributed by atoms with Gasteiger partial charge in [0.15, 0.2) is 0 Å². The van der Waals surface area contributed by atoms with Gasteiger partial charge in [-0.15, -0.1) is 11.3 Å².